The Labute approximate surface area is 189 Å². The van der Waals surface area contributed by atoms with Crippen LogP contribution in [0.4, 0.5) is 5.69 Å². The summed E-state index contributed by atoms with van der Waals surface area (Å²) in [6, 6.07) is 13.2. The zero-order valence-electron chi connectivity index (χ0n) is 16.7. The number of fused-ring (bicyclic) bond motifs is 1. The third-order valence-electron chi connectivity index (χ3n) is 5.56. The fourth-order valence-corrected chi connectivity index (χ4v) is 5.05. The summed E-state index contributed by atoms with van der Waals surface area (Å²) in [5.74, 6) is 0.352. The number of rotatable bonds is 4. The Morgan fingerprint density at radius 3 is 2.77 bits per heavy atom. The van der Waals surface area contributed by atoms with Crippen molar-refractivity contribution in [1.82, 2.24) is 9.88 Å². The zero-order chi connectivity index (χ0) is 21.4. The molecule has 0 aliphatic carbocycles. The first-order valence-corrected chi connectivity index (χ1v) is 11.4. The van der Waals surface area contributed by atoms with E-state index in [0.29, 0.717) is 16.5 Å². The number of hydrogen-bond donors (Lipinski definition) is 0. The number of aromatic nitrogens is 1. The van der Waals surface area contributed by atoms with Crippen LogP contribution in [0.3, 0.4) is 0 Å². The molecule has 2 amide bonds. The average molecular weight is 454 g/mol. The molecule has 0 unspecified atom stereocenters. The van der Waals surface area contributed by atoms with E-state index in [1.54, 1.807) is 0 Å². The van der Waals surface area contributed by atoms with Crippen LogP contribution < -0.4 is 9.64 Å². The largest absolute Gasteiger partial charge is 0.482 e. The minimum absolute atomic E-state index is 0.0284. The van der Waals surface area contributed by atoms with Gasteiger partial charge in [0, 0.05) is 29.6 Å². The van der Waals surface area contributed by atoms with Gasteiger partial charge in [-0.25, -0.2) is 4.98 Å². The van der Waals surface area contributed by atoms with Crippen molar-refractivity contribution in [2.45, 2.75) is 12.8 Å². The van der Waals surface area contributed by atoms with Gasteiger partial charge in [0.15, 0.2) is 6.61 Å². The first-order chi connectivity index (χ1) is 15.1. The van der Waals surface area contributed by atoms with Crippen LogP contribution in [0, 0.1) is 0 Å². The molecular formula is C23H20ClN3O3S. The van der Waals surface area contributed by atoms with E-state index in [2.05, 4.69) is 0 Å². The summed E-state index contributed by atoms with van der Waals surface area (Å²) >= 11 is 7.83. The maximum atomic E-state index is 12.7. The third-order valence-corrected chi connectivity index (χ3v) is 6.76. The van der Waals surface area contributed by atoms with Gasteiger partial charge in [-0.1, -0.05) is 29.8 Å². The molecular weight excluding hydrogens is 434 g/mol. The third kappa shape index (κ3) is 3.91. The summed E-state index contributed by atoms with van der Waals surface area (Å²) < 4.78 is 5.60. The maximum absolute atomic E-state index is 12.7. The van der Waals surface area contributed by atoms with Crippen molar-refractivity contribution in [3.63, 3.8) is 0 Å². The smallest absolute Gasteiger partial charge is 0.265 e. The van der Waals surface area contributed by atoms with Crippen molar-refractivity contribution in [2.75, 3.05) is 31.1 Å². The zero-order valence-corrected chi connectivity index (χ0v) is 18.3. The first kappa shape index (κ1) is 20.0. The normalized spacial score (nSPS) is 15.7. The predicted octanol–water partition coefficient (Wildman–Crippen LogP) is 4.48. The van der Waals surface area contributed by atoms with Gasteiger partial charge in [0.2, 0.25) is 5.91 Å². The lowest BCUT2D eigenvalue weighted by atomic mass is 10.1. The van der Waals surface area contributed by atoms with Gasteiger partial charge in [-0.2, -0.15) is 0 Å². The molecule has 2 aromatic carbocycles. The molecule has 8 heteroatoms. The molecule has 0 bridgehead atoms. The Balaban J connectivity index is 1.45. The maximum Gasteiger partial charge on any atom is 0.265 e. The number of benzene rings is 2. The lowest BCUT2D eigenvalue weighted by Crippen LogP contribution is -2.45. The van der Waals surface area contributed by atoms with Crippen LogP contribution in [0.1, 0.15) is 12.8 Å². The second-order valence-corrected chi connectivity index (χ2v) is 8.82. The molecule has 1 fully saturated rings. The number of likely N-dealkylation sites (tertiary alicyclic amines) is 1. The van der Waals surface area contributed by atoms with Crippen molar-refractivity contribution in [3.8, 4) is 27.6 Å². The number of hydrogen-bond acceptors (Lipinski definition) is 5. The van der Waals surface area contributed by atoms with E-state index in [0.717, 1.165) is 47.8 Å². The monoisotopic (exact) mass is 453 g/mol. The van der Waals surface area contributed by atoms with Gasteiger partial charge in [0.05, 0.1) is 16.4 Å². The molecule has 0 N–H and O–H groups in total. The van der Waals surface area contributed by atoms with Crippen molar-refractivity contribution < 1.29 is 14.3 Å². The van der Waals surface area contributed by atoms with Gasteiger partial charge >= 0.3 is 0 Å². The van der Waals surface area contributed by atoms with E-state index in [1.165, 1.54) is 16.2 Å². The molecule has 0 spiro atoms. The predicted molar refractivity (Wildman–Crippen MR) is 122 cm³/mol. The highest BCUT2D eigenvalue weighted by molar-refractivity contribution is 7.13. The summed E-state index contributed by atoms with van der Waals surface area (Å²) in [6.07, 6.45) is 2.03. The Bertz CT molecular complexity index is 1160. The van der Waals surface area contributed by atoms with E-state index in [-0.39, 0.29) is 25.0 Å². The molecule has 0 radical (unpaired) electrons. The number of carbonyl (C=O) groups is 2. The fraction of sp³-hybridized carbons (Fsp3) is 0.261. The van der Waals surface area contributed by atoms with E-state index in [9.17, 15) is 9.59 Å². The van der Waals surface area contributed by atoms with Crippen LogP contribution in [0.15, 0.2) is 47.8 Å². The SMILES string of the molecule is O=C(CN1C(=O)COc2ccc(-c3csc(-c4ccccc4Cl)n3)cc21)N1CCCC1. The van der Waals surface area contributed by atoms with E-state index < -0.39 is 0 Å². The van der Waals surface area contributed by atoms with Crippen LogP contribution in [0.25, 0.3) is 21.8 Å². The second kappa shape index (κ2) is 8.32. The average Bonchev–Trinajstić information content (AvgIpc) is 3.48. The van der Waals surface area contributed by atoms with E-state index >= 15 is 0 Å². The molecule has 2 aliphatic rings. The summed E-state index contributed by atoms with van der Waals surface area (Å²) in [7, 11) is 0. The summed E-state index contributed by atoms with van der Waals surface area (Å²) in [5, 5.41) is 3.44. The van der Waals surface area contributed by atoms with Crippen LogP contribution in [-0.2, 0) is 9.59 Å². The molecule has 2 aliphatic heterocycles. The molecule has 6 nitrogen and oxygen atoms in total. The Hall–Kier alpha value is -2.90. The molecule has 5 rings (SSSR count). The standard InChI is InChI=1S/C23H20ClN3O3S/c24-17-6-2-1-5-16(17)23-25-18(14-31-23)15-7-8-20-19(11-15)27(22(29)13-30-20)12-21(28)26-9-3-4-10-26/h1-2,5-8,11,14H,3-4,9-10,12-13H2. The minimum Gasteiger partial charge on any atom is -0.482 e. The molecule has 31 heavy (non-hydrogen) atoms. The lowest BCUT2D eigenvalue weighted by Gasteiger charge is -2.30. The minimum atomic E-state index is -0.216. The van der Waals surface area contributed by atoms with Crippen molar-refractivity contribution in [2.24, 2.45) is 0 Å². The quantitative estimate of drug-likeness (QED) is 0.584. The number of carbonyl (C=O) groups excluding carboxylic acids is 2. The molecule has 158 valence electrons. The molecule has 1 saturated heterocycles. The Morgan fingerprint density at radius 2 is 1.97 bits per heavy atom. The second-order valence-electron chi connectivity index (χ2n) is 7.56. The number of halogens is 1. The molecule has 0 atom stereocenters. The van der Waals surface area contributed by atoms with Gasteiger partial charge in [0.1, 0.15) is 17.3 Å². The Morgan fingerprint density at radius 1 is 1.16 bits per heavy atom. The number of ether oxygens (including phenoxy) is 1. The van der Waals surface area contributed by atoms with Crippen LogP contribution in [-0.4, -0.2) is 47.9 Å². The lowest BCUT2D eigenvalue weighted by molar-refractivity contribution is -0.131. The number of anilines is 1. The number of amides is 2. The van der Waals surface area contributed by atoms with E-state index in [1.807, 2.05) is 52.7 Å². The van der Waals surface area contributed by atoms with Crippen molar-refractivity contribution in [3.05, 3.63) is 52.9 Å². The highest BCUT2D eigenvalue weighted by atomic mass is 35.5. The van der Waals surface area contributed by atoms with Crippen molar-refractivity contribution >= 4 is 40.4 Å². The van der Waals surface area contributed by atoms with Gasteiger partial charge in [-0.15, -0.1) is 11.3 Å². The highest BCUT2D eigenvalue weighted by Crippen LogP contribution is 2.38. The fourth-order valence-electron chi connectivity index (χ4n) is 3.90. The summed E-state index contributed by atoms with van der Waals surface area (Å²) in [5.41, 5.74) is 3.13. The Kier molecular flexibility index (Phi) is 5.38. The number of thiazole rings is 1. The topological polar surface area (TPSA) is 62.7 Å². The first-order valence-electron chi connectivity index (χ1n) is 10.2. The molecule has 3 heterocycles. The number of nitrogens with zero attached hydrogens (tertiary/aromatic N) is 3. The van der Waals surface area contributed by atoms with Crippen LogP contribution in [0.2, 0.25) is 5.02 Å². The van der Waals surface area contributed by atoms with Gasteiger partial charge in [-0.05, 0) is 37.1 Å². The van der Waals surface area contributed by atoms with Gasteiger partial charge in [0.25, 0.3) is 5.91 Å². The molecule has 3 aromatic rings. The van der Waals surface area contributed by atoms with Crippen LogP contribution in [0.5, 0.6) is 5.75 Å². The summed E-state index contributed by atoms with van der Waals surface area (Å²) in [4.78, 5) is 33.4. The highest BCUT2D eigenvalue weighted by Gasteiger charge is 2.30. The van der Waals surface area contributed by atoms with Gasteiger partial charge in [-0.3, -0.25) is 14.5 Å². The van der Waals surface area contributed by atoms with Crippen molar-refractivity contribution in [1.29, 1.82) is 0 Å². The molecule has 1 aromatic heterocycles. The van der Waals surface area contributed by atoms with E-state index in [4.69, 9.17) is 21.3 Å². The molecule has 0 saturated carbocycles. The van der Waals surface area contributed by atoms with Gasteiger partial charge < -0.3 is 9.64 Å². The summed E-state index contributed by atoms with van der Waals surface area (Å²) in [6.45, 7) is 1.48. The van der Waals surface area contributed by atoms with Crippen LogP contribution >= 0.6 is 22.9 Å².